The summed E-state index contributed by atoms with van der Waals surface area (Å²) in [6.07, 6.45) is 0. The summed E-state index contributed by atoms with van der Waals surface area (Å²) < 4.78 is 6.42. The molecular formula is C11H8BrNO3S. The molecule has 17 heavy (non-hydrogen) atoms. The van der Waals surface area contributed by atoms with Crippen molar-refractivity contribution in [2.24, 2.45) is 0 Å². The van der Waals surface area contributed by atoms with Gasteiger partial charge in [-0.05, 0) is 18.2 Å². The van der Waals surface area contributed by atoms with E-state index in [1.165, 1.54) is 0 Å². The highest BCUT2D eigenvalue weighted by Gasteiger charge is 2.09. The topological polar surface area (TPSA) is 59.4 Å². The standard InChI is InChI=1S/C11H8BrNO3S/c12-7-2-1-3-9(4-7)16-5-8-6-17-10(13-8)11(14)15/h1-4,6H,5H2,(H,14,15). The third kappa shape index (κ3) is 3.28. The maximum absolute atomic E-state index is 10.6. The molecule has 1 heterocycles. The molecule has 2 aromatic rings. The van der Waals surface area contributed by atoms with Gasteiger partial charge in [-0.2, -0.15) is 0 Å². The Morgan fingerprint density at radius 2 is 2.35 bits per heavy atom. The van der Waals surface area contributed by atoms with E-state index in [-0.39, 0.29) is 11.6 Å². The quantitative estimate of drug-likeness (QED) is 0.941. The summed E-state index contributed by atoms with van der Waals surface area (Å²) in [5.41, 5.74) is 0.618. The minimum atomic E-state index is -1.01. The Balaban J connectivity index is 2.00. The zero-order valence-corrected chi connectivity index (χ0v) is 11.0. The molecule has 1 aromatic carbocycles. The number of carboxylic acids is 1. The average molecular weight is 314 g/mol. The summed E-state index contributed by atoms with van der Waals surface area (Å²) in [7, 11) is 0. The number of carbonyl (C=O) groups is 1. The second-order valence-electron chi connectivity index (χ2n) is 3.20. The first kappa shape index (κ1) is 12.1. The predicted molar refractivity (Wildman–Crippen MR) is 67.5 cm³/mol. The van der Waals surface area contributed by atoms with E-state index in [9.17, 15) is 4.79 Å². The highest BCUT2D eigenvalue weighted by molar-refractivity contribution is 9.10. The number of aromatic carboxylic acids is 1. The molecule has 1 N–H and O–H groups in total. The van der Waals surface area contributed by atoms with Gasteiger partial charge in [-0.25, -0.2) is 9.78 Å². The van der Waals surface area contributed by atoms with Crippen LogP contribution in [0.2, 0.25) is 0 Å². The predicted octanol–water partition coefficient (Wildman–Crippen LogP) is 3.18. The van der Waals surface area contributed by atoms with E-state index in [0.29, 0.717) is 11.4 Å². The second kappa shape index (κ2) is 5.29. The van der Waals surface area contributed by atoms with E-state index in [1.54, 1.807) is 5.38 Å². The number of ether oxygens (including phenoxy) is 1. The SMILES string of the molecule is O=C(O)c1nc(COc2cccc(Br)c2)cs1. The maximum Gasteiger partial charge on any atom is 0.365 e. The van der Waals surface area contributed by atoms with E-state index in [2.05, 4.69) is 20.9 Å². The van der Waals surface area contributed by atoms with Gasteiger partial charge < -0.3 is 9.84 Å². The number of carboxylic acid groups (broad SMARTS) is 1. The molecule has 0 amide bonds. The van der Waals surface area contributed by atoms with Crippen LogP contribution in [0.15, 0.2) is 34.1 Å². The smallest absolute Gasteiger partial charge is 0.365 e. The normalized spacial score (nSPS) is 10.2. The minimum absolute atomic E-state index is 0.0813. The molecule has 0 bridgehead atoms. The Bertz CT molecular complexity index is 541. The van der Waals surface area contributed by atoms with Gasteiger partial charge in [0.2, 0.25) is 5.01 Å². The van der Waals surface area contributed by atoms with Crippen LogP contribution in [0.3, 0.4) is 0 Å². The fourth-order valence-electron chi connectivity index (χ4n) is 1.19. The van der Waals surface area contributed by atoms with E-state index in [1.807, 2.05) is 24.3 Å². The van der Waals surface area contributed by atoms with Gasteiger partial charge in [0, 0.05) is 9.85 Å². The van der Waals surface area contributed by atoms with Crippen molar-refractivity contribution in [1.29, 1.82) is 0 Å². The van der Waals surface area contributed by atoms with Crippen LogP contribution in [0, 0.1) is 0 Å². The number of hydrogen-bond acceptors (Lipinski definition) is 4. The lowest BCUT2D eigenvalue weighted by Gasteiger charge is -2.03. The van der Waals surface area contributed by atoms with Crippen LogP contribution in [0.4, 0.5) is 0 Å². The first-order valence-electron chi connectivity index (χ1n) is 4.71. The van der Waals surface area contributed by atoms with Crippen molar-refractivity contribution in [1.82, 2.24) is 4.98 Å². The van der Waals surface area contributed by atoms with Gasteiger partial charge in [-0.1, -0.05) is 22.0 Å². The van der Waals surface area contributed by atoms with Gasteiger partial charge in [-0.3, -0.25) is 0 Å². The minimum Gasteiger partial charge on any atom is -0.487 e. The fraction of sp³-hybridized carbons (Fsp3) is 0.0909. The molecule has 0 atom stereocenters. The van der Waals surface area contributed by atoms with Crippen LogP contribution >= 0.6 is 27.3 Å². The Morgan fingerprint density at radius 3 is 3.00 bits per heavy atom. The Morgan fingerprint density at radius 1 is 1.53 bits per heavy atom. The Labute approximate surface area is 110 Å². The van der Waals surface area contributed by atoms with Crippen molar-refractivity contribution >= 4 is 33.2 Å². The van der Waals surface area contributed by atoms with Gasteiger partial charge in [0.25, 0.3) is 0 Å². The second-order valence-corrected chi connectivity index (χ2v) is 4.97. The van der Waals surface area contributed by atoms with Gasteiger partial charge in [0.05, 0.1) is 5.69 Å². The molecule has 0 aliphatic carbocycles. The van der Waals surface area contributed by atoms with E-state index in [0.717, 1.165) is 15.8 Å². The van der Waals surface area contributed by atoms with Gasteiger partial charge in [0.1, 0.15) is 12.4 Å². The third-order valence-corrected chi connectivity index (χ3v) is 3.29. The monoisotopic (exact) mass is 313 g/mol. The molecule has 0 spiro atoms. The highest BCUT2D eigenvalue weighted by Crippen LogP contribution is 2.19. The average Bonchev–Trinajstić information content (AvgIpc) is 2.75. The van der Waals surface area contributed by atoms with Crippen molar-refractivity contribution < 1.29 is 14.6 Å². The van der Waals surface area contributed by atoms with Crippen LogP contribution in [0.5, 0.6) is 5.75 Å². The molecule has 0 saturated heterocycles. The zero-order chi connectivity index (χ0) is 12.3. The molecule has 88 valence electrons. The first-order valence-corrected chi connectivity index (χ1v) is 6.38. The van der Waals surface area contributed by atoms with Crippen LogP contribution in [-0.2, 0) is 6.61 Å². The van der Waals surface area contributed by atoms with E-state index < -0.39 is 5.97 Å². The third-order valence-electron chi connectivity index (χ3n) is 1.92. The van der Waals surface area contributed by atoms with Crippen LogP contribution < -0.4 is 4.74 Å². The molecule has 0 saturated carbocycles. The van der Waals surface area contributed by atoms with Crippen LogP contribution in [0.1, 0.15) is 15.5 Å². The first-order chi connectivity index (χ1) is 8.15. The lowest BCUT2D eigenvalue weighted by atomic mass is 10.3. The Hall–Kier alpha value is -1.40. The fourth-order valence-corrected chi connectivity index (χ4v) is 2.20. The number of nitrogens with zero attached hydrogens (tertiary/aromatic N) is 1. The number of halogens is 1. The number of hydrogen-bond donors (Lipinski definition) is 1. The molecule has 6 heteroatoms. The van der Waals surface area contributed by atoms with Crippen molar-refractivity contribution in [2.75, 3.05) is 0 Å². The zero-order valence-electron chi connectivity index (χ0n) is 8.59. The van der Waals surface area contributed by atoms with E-state index in [4.69, 9.17) is 9.84 Å². The van der Waals surface area contributed by atoms with Crippen molar-refractivity contribution in [3.8, 4) is 5.75 Å². The lowest BCUT2D eigenvalue weighted by Crippen LogP contribution is -1.99. The molecule has 4 nitrogen and oxygen atoms in total. The maximum atomic E-state index is 10.6. The summed E-state index contributed by atoms with van der Waals surface area (Å²) >= 11 is 4.44. The molecule has 1 aromatic heterocycles. The number of rotatable bonds is 4. The molecule has 0 radical (unpaired) electrons. The summed E-state index contributed by atoms with van der Waals surface area (Å²) in [4.78, 5) is 14.6. The van der Waals surface area contributed by atoms with Crippen molar-refractivity contribution in [2.45, 2.75) is 6.61 Å². The molecule has 2 rings (SSSR count). The summed E-state index contributed by atoms with van der Waals surface area (Å²) in [5, 5.41) is 10.5. The van der Waals surface area contributed by atoms with Crippen LogP contribution in [-0.4, -0.2) is 16.1 Å². The number of aromatic nitrogens is 1. The summed E-state index contributed by atoms with van der Waals surface area (Å²) in [5.74, 6) is -0.298. The van der Waals surface area contributed by atoms with E-state index >= 15 is 0 Å². The molecule has 0 fully saturated rings. The Kier molecular flexibility index (Phi) is 3.75. The summed E-state index contributed by atoms with van der Waals surface area (Å²) in [6.45, 7) is 0.264. The van der Waals surface area contributed by atoms with Crippen molar-refractivity contribution in [3.63, 3.8) is 0 Å². The van der Waals surface area contributed by atoms with Gasteiger partial charge in [0.15, 0.2) is 0 Å². The number of thiazole rings is 1. The largest absolute Gasteiger partial charge is 0.487 e. The molecule has 0 unspecified atom stereocenters. The van der Waals surface area contributed by atoms with Crippen LogP contribution in [0.25, 0.3) is 0 Å². The van der Waals surface area contributed by atoms with Gasteiger partial charge in [-0.15, -0.1) is 11.3 Å². The molecular weight excluding hydrogens is 306 g/mol. The van der Waals surface area contributed by atoms with Gasteiger partial charge >= 0.3 is 5.97 Å². The van der Waals surface area contributed by atoms with Crippen molar-refractivity contribution in [3.05, 3.63) is 44.8 Å². The summed E-state index contributed by atoms with van der Waals surface area (Å²) in [6, 6.07) is 7.43. The lowest BCUT2D eigenvalue weighted by molar-refractivity contribution is 0.0696. The number of benzene rings is 1. The molecule has 0 aliphatic rings. The molecule has 0 aliphatic heterocycles. The highest BCUT2D eigenvalue weighted by atomic mass is 79.9.